The fraction of sp³-hybridized carbons (Fsp3) is 0.500. The summed E-state index contributed by atoms with van der Waals surface area (Å²) in [6, 6.07) is 7.48. The van der Waals surface area contributed by atoms with Crippen molar-refractivity contribution in [3.8, 4) is 0 Å². The van der Waals surface area contributed by atoms with Gasteiger partial charge in [-0.05, 0) is 31.9 Å². The van der Waals surface area contributed by atoms with Crippen molar-refractivity contribution in [2.75, 3.05) is 6.54 Å². The van der Waals surface area contributed by atoms with Gasteiger partial charge in [0.25, 0.3) is 5.91 Å². The monoisotopic (exact) mass is 233 g/mol. The lowest BCUT2D eigenvalue weighted by Gasteiger charge is -2.22. The molecule has 0 spiro atoms. The summed E-state index contributed by atoms with van der Waals surface area (Å²) in [5, 5.41) is 12.9. The summed E-state index contributed by atoms with van der Waals surface area (Å²) in [7, 11) is 0. The molecular weight excluding hydrogens is 214 g/mol. The number of benzene rings is 1. The Labute approximate surface area is 102 Å². The molecule has 0 unspecified atom stereocenters. The van der Waals surface area contributed by atoms with E-state index < -0.39 is 5.60 Å². The zero-order valence-corrected chi connectivity index (χ0v) is 10.2. The number of aryl methyl sites for hydroxylation is 1. The summed E-state index contributed by atoms with van der Waals surface area (Å²) in [6.45, 7) is 2.32. The van der Waals surface area contributed by atoms with Gasteiger partial charge in [0, 0.05) is 12.1 Å². The summed E-state index contributed by atoms with van der Waals surface area (Å²) >= 11 is 0. The molecule has 0 atom stereocenters. The van der Waals surface area contributed by atoms with Crippen molar-refractivity contribution in [1.82, 2.24) is 5.32 Å². The Kier molecular flexibility index (Phi) is 3.48. The summed E-state index contributed by atoms with van der Waals surface area (Å²) in [5.41, 5.74) is 1.04. The van der Waals surface area contributed by atoms with Crippen LogP contribution in [0.3, 0.4) is 0 Å². The van der Waals surface area contributed by atoms with Crippen LogP contribution in [-0.2, 0) is 0 Å². The fourth-order valence-electron chi connectivity index (χ4n) is 2.34. The molecule has 1 aliphatic carbocycles. The molecule has 1 amide bonds. The van der Waals surface area contributed by atoms with E-state index in [0.29, 0.717) is 12.1 Å². The van der Waals surface area contributed by atoms with Crippen molar-refractivity contribution in [2.24, 2.45) is 0 Å². The molecule has 0 heterocycles. The average Bonchev–Trinajstić information content (AvgIpc) is 2.74. The molecule has 0 aromatic heterocycles. The molecule has 3 nitrogen and oxygen atoms in total. The highest BCUT2D eigenvalue weighted by Gasteiger charge is 2.31. The van der Waals surface area contributed by atoms with Crippen LogP contribution in [0.2, 0.25) is 0 Å². The van der Waals surface area contributed by atoms with E-state index in [9.17, 15) is 9.90 Å². The zero-order chi connectivity index (χ0) is 12.3. The van der Waals surface area contributed by atoms with Crippen LogP contribution in [-0.4, -0.2) is 23.2 Å². The molecule has 1 aromatic rings. The maximum Gasteiger partial charge on any atom is 0.251 e. The SMILES string of the molecule is Cc1cccc(C(=O)NCC2(O)CCCC2)c1. The fourth-order valence-corrected chi connectivity index (χ4v) is 2.34. The predicted molar refractivity (Wildman–Crippen MR) is 66.9 cm³/mol. The van der Waals surface area contributed by atoms with E-state index in [0.717, 1.165) is 31.2 Å². The lowest BCUT2D eigenvalue weighted by molar-refractivity contribution is 0.0449. The largest absolute Gasteiger partial charge is 0.388 e. The average molecular weight is 233 g/mol. The van der Waals surface area contributed by atoms with Crippen molar-refractivity contribution < 1.29 is 9.90 Å². The smallest absolute Gasteiger partial charge is 0.251 e. The normalized spacial score (nSPS) is 18.0. The number of hydrogen-bond donors (Lipinski definition) is 2. The Hall–Kier alpha value is -1.35. The van der Waals surface area contributed by atoms with Gasteiger partial charge in [-0.15, -0.1) is 0 Å². The first-order valence-electron chi connectivity index (χ1n) is 6.16. The molecule has 1 aliphatic rings. The van der Waals surface area contributed by atoms with Crippen LogP contribution < -0.4 is 5.32 Å². The summed E-state index contributed by atoms with van der Waals surface area (Å²) < 4.78 is 0. The molecule has 1 aromatic carbocycles. The van der Waals surface area contributed by atoms with Crippen molar-refractivity contribution in [1.29, 1.82) is 0 Å². The number of nitrogens with one attached hydrogen (secondary N) is 1. The predicted octanol–water partition coefficient (Wildman–Crippen LogP) is 2.03. The van der Waals surface area contributed by atoms with E-state index in [-0.39, 0.29) is 5.91 Å². The second-order valence-corrected chi connectivity index (χ2v) is 4.98. The molecule has 92 valence electrons. The van der Waals surface area contributed by atoms with Gasteiger partial charge in [0.2, 0.25) is 0 Å². The van der Waals surface area contributed by atoms with Crippen LogP contribution in [0.5, 0.6) is 0 Å². The van der Waals surface area contributed by atoms with Gasteiger partial charge in [-0.1, -0.05) is 30.5 Å². The van der Waals surface area contributed by atoms with E-state index in [1.54, 1.807) is 6.07 Å². The number of aliphatic hydroxyl groups is 1. The minimum atomic E-state index is -0.681. The van der Waals surface area contributed by atoms with Crippen LogP contribution >= 0.6 is 0 Å². The van der Waals surface area contributed by atoms with Crippen LogP contribution in [0.15, 0.2) is 24.3 Å². The van der Waals surface area contributed by atoms with Crippen LogP contribution in [0.25, 0.3) is 0 Å². The summed E-state index contributed by atoms with van der Waals surface area (Å²) in [5.74, 6) is -0.103. The number of rotatable bonds is 3. The van der Waals surface area contributed by atoms with E-state index >= 15 is 0 Å². The molecule has 1 fully saturated rings. The third kappa shape index (κ3) is 3.07. The number of amides is 1. The van der Waals surface area contributed by atoms with Gasteiger partial charge in [-0.25, -0.2) is 0 Å². The van der Waals surface area contributed by atoms with Gasteiger partial charge in [0.15, 0.2) is 0 Å². The van der Waals surface area contributed by atoms with Gasteiger partial charge < -0.3 is 10.4 Å². The Morgan fingerprint density at radius 1 is 1.41 bits per heavy atom. The number of carbonyl (C=O) groups is 1. The van der Waals surface area contributed by atoms with E-state index in [1.807, 2.05) is 25.1 Å². The Bertz CT molecular complexity index is 408. The lowest BCUT2D eigenvalue weighted by atomic mass is 10.0. The van der Waals surface area contributed by atoms with E-state index in [1.165, 1.54) is 0 Å². The number of carbonyl (C=O) groups excluding carboxylic acids is 1. The first kappa shape index (κ1) is 12.1. The van der Waals surface area contributed by atoms with Crippen molar-refractivity contribution >= 4 is 5.91 Å². The molecular formula is C14H19NO2. The van der Waals surface area contributed by atoms with Crippen LogP contribution in [0.4, 0.5) is 0 Å². The summed E-state index contributed by atoms with van der Waals surface area (Å²) in [6.07, 6.45) is 3.69. The number of hydrogen-bond acceptors (Lipinski definition) is 2. The molecule has 0 bridgehead atoms. The standard InChI is InChI=1S/C14H19NO2/c1-11-5-4-6-12(9-11)13(16)15-10-14(17)7-2-3-8-14/h4-6,9,17H,2-3,7-8,10H2,1H3,(H,15,16). The third-order valence-electron chi connectivity index (χ3n) is 3.39. The second kappa shape index (κ2) is 4.88. The van der Waals surface area contributed by atoms with Crippen molar-refractivity contribution in [3.63, 3.8) is 0 Å². The molecule has 2 N–H and O–H groups in total. The molecule has 17 heavy (non-hydrogen) atoms. The molecule has 0 aliphatic heterocycles. The highest BCUT2D eigenvalue weighted by atomic mass is 16.3. The zero-order valence-electron chi connectivity index (χ0n) is 10.2. The quantitative estimate of drug-likeness (QED) is 0.839. The van der Waals surface area contributed by atoms with Gasteiger partial charge in [0.05, 0.1) is 5.60 Å². The van der Waals surface area contributed by atoms with Crippen molar-refractivity contribution in [3.05, 3.63) is 35.4 Å². The molecule has 0 radical (unpaired) electrons. The third-order valence-corrected chi connectivity index (χ3v) is 3.39. The maximum absolute atomic E-state index is 11.9. The van der Waals surface area contributed by atoms with Gasteiger partial charge in [-0.2, -0.15) is 0 Å². The Morgan fingerprint density at radius 3 is 2.76 bits per heavy atom. The lowest BCUT2D eigenvalue weighted by Crippen LogP contribution is -2.40. The topological polar surface area (TPSA) is 49.3 Å². The first-order valence-corrected chi connectivity index (χ1v) is 6.16. The van der Waals surface area contributed by atoms with Crippen molar-refractivity contribution in [2.45, 2.75) is 38.2 Å². The minimum absolute atomic E-state index is 0.103. The Balaban J connectivity index is 1.93. The molecule has 1 saturated carbocycles. The van der Waals surface area contributed by atoms with Gasteiger partial charge in [-0.3, -0.25) is 4.79 Å². The highest BCUT2D eigenvalue weighted by molar-refractivity contribution is 5.94. The molecule has 0 saturated heterocycles. The first-order chi connectivity index (χ1) is 8.09. The van der Waals surface area contributed by atoms with E-state index in [2.05, 4.69) is 5.32 Å². The molecule has 3 heteroatoms. The maximum atomic E-state index is 11.9. The van der Waals surface area contributed by atoms with E-state index in [4.69, 9.17) is 0 Å². The molecule has 2 rings (SSSR count). The minimum Gasteiger partial charge on any atom is -0.388 e. The highest BCUT2D eigenvalue weighted by Crippen LogP contribution is 2.28. The van der Waals surface area contributed by atoms with Gasteiger partial charge in [0.1, 0.15) is 0 Å². The van der Waals surface area contributed by atoms with Crippen LogP contribution in [0.1, 0.15) is 41.6 Å². The second-order valence-electron chi connectivity index (χ2n) is 4.98. The Morgan fingerprint density at radius 2 is 2.12 bits per heavy atom. The van der Waals surface area contributed by atoms with Gasteiger partial charge >= 0.3 is 0 Å². The summed E-state index contributed by atoms with van der Waals surface area (Å²) in [4.78, 5) is 11.9. The van der Waals surface area contributed by atoms with Crippen LogP contribution in [0, 0.1) is 6.92 Å².